The maximum absolute atomic E-state index is 4.84. The first-order valence-electron chi connectivity index (χ1n) is 10.7. The van der Waals surface area contributed by atoms with Gasteiger partial charge in [0.05, 0.1) is 0 Å². The molecule has 0 radical (unpaired) electrons. The van der Waals surface area contributed by atoms with E-state index in [0.717, 1.165) is 23.8 Å². The number of nitrogens with zero attached hydrogens (tertiary/aromatic N) is 4. The molecule has 29 heavy (non-hydrogen) atoms. The molecule has 1 atom stereocenters. The van der Waals surface area contributed by atoms with E-state index < -0.39 is 0 Å². The number of aryl methyl sites for hydroxylation is 1. The summed E-state index contributed by atoms with van der Waals surface area (Å²) in [5.41, 5.74) is 3.50. The van der Waals surface area contributed by atoms with Gasteiger partial charge in [-0.15, -0.1) is 0 Å². The zero-order valence-corrected chi connectivity index (χ0v) is 17.7. The summed E-state index contributed by atoms with van der Waals surface area (Å²) in [5, 5.41) is 6.07. The lowest BCUT2D eigenvalue weighted by atomic mass is 9.95. The Bertz CT molecular complexity index is 959. The van der Waals surface area contributed by atoms with Crippen LogP contribution in [0.5, 0.6) is 0 Å². The van der Waals surface area contributed by atoms with Crippen molar-refractivity contribution in [3.63, 3.8) is 0 Å². The standard InChI is InChI=1S/C24H31N5/c1-17(26-15-20-9-7-8-19-14-25-13-12-22(19)20)23-16-27-24(28-18(23)2)29(3)21-10-5-4-6-11-21/h7-9,12-14,16-17,21,26H,4-6,10-11,15H2,1-3H3/t17-/m0/s1. The van der Waals surface area contributed by atoms with Crippen LogP contribution < -0.4 is 10.2 Å². The van der Waals surface area contributed by atoms with Crippen molar-refractivity contribution in [3.05, 3.63) is 59.7 Å². The Balaban J connectivity index is 1.45. The number of hydrogen-bond acceptors (Lipinski definition) is 5. The molecule has 2 aromatic heterocycles. The summed E-state index contributed by atoms with van der Waals surface area (Å²) >= 11 is 0. The first-order chi connectivity index (χ1) is 14.1. The van der Waals surface area contributed by atoms with Gasteiger partial charge in [0, 0.05) is 60.9 Å². The van der Waals surface area contributed by atoms with Crippen LogP contribution in [0.1, 0.15) is 61.9 Å². The van der Waals surface area contributed by atoms with Crippen LogP contribution in [0.2, 0.25) is 0 Å². The second kappa shape index (κ2) is 8.87. The number of pyridine rings is 1. The predicted octanol–water partition coefficient (Wildman–Crippen LogP) is 4.95. The molecule has 0 bridgehead atoms. The van der Waals surface area contributed by atoms with Gasteiger partial charge < -0.3 is 10.2 Å². The Morgan fingerprint density at radius 1 is 1.14 bits per heavy atom. The molecule has 1 aromatic carbocycles. The molecule has 0 spiro atoms. The lowest BCUT2D eigenvalue weighted by Gasteiger charge is -2.31. The molecule has 1 N–H and O–H groups in total. The number of benzene rings is 1. The molecule has 5 nitrogen and oxygen atoms in total. The molecular weight excluding hydrogens is 358 g/mol. The van der Waals surface area contributed by atoms with E-state index in [2.05, 4.69) is 60.4 Å². The van der Waals surface area contributed by atoms with Crippen LogP contribution in [0.25, 0.3) is 10.8 Å². The van der Waals surface area contributed by atoms with Crippen molar-refractivity contribution >= 4 is 16.7 Å². The summed E-state index contributed by atoms with van der Waals surface area (Å²) < 4.78 is 0. The van der Waals surface area contributed by atoms with Gasteiger partial charge in [-0.05, 0) is 43.7 Å². The Morgan fingerprint density at radius 2 is 1.97 bits per heavy atom. The van der Waals surface area contributed by atoms with Gasteiger partial charge in [-0.1, -0.05) is 37.5 Å². The number of fused-ring (bicyclic) bond motifs is 1. The topological polar surface area (TPSA) is 53.9 Å². The molecule has 2 heterocycles. The lowest BCUT2D eigenvalue weighted by Crippen LogP contribution is -2.34. The smallest absolute Gasteiger partial charge is 0.225 e. The van der Waals surface area contributed by atoms with E-state index in [1.807, 2.05) is 18.6 Å². The van der Waals surface area contributed by atoms with Crippen LogP contribution in [-0.2, 0) is 6.54 Å². The van der Waals surface area contributed by atoms with Gasteiger partial charge in [0.2, 0.25) is 5.95 Å². The number of hydrogen-bond donors (Lipinski definition) is 1. The summed E-state index contributed by atoms with van der Waals surface area (Å²) in [6.45, 7) is 5.07. The second-order valence-corrected chi connectivity index (χ2v) is 8.23. The number of anilines is 1. The fraction of sp³-hybridized carbons (Fsp3) is 0.458. The van der Waals surface area contributed by atoms with Crippen molar-refractivity contribution in [2.45, 2.75) is 64.6 Å². The molecule has 3 aromatic rings. The Morgan fingerprint density at radius 3 is 2.76 bits per heavy atom. The first kappa shape index (κ1) is 19.8. The van der Waals surface area contributed by atoms with Crippen molar-refractivity contribution in [1.82, 2.24) is 20.3 Å². The fourth-order valence-electron chi connectivity index (χ4n) is 4.41. The SMILES string of the molecule is Cc1nc(N(C)C2CCCCC2)ncc1[C@H](C)NCc1cccc2cnccc12. The Hall–Kier alpha value is -2.53. The van der Waals surface area contributed by atoms with E-state index in [-0.39, 0.29) is 6.04 Å². The van der Waals surface area contributed by atoms with E-state index in [9.17, 15) is 0 Å². The summed E-state index contributed by atoms with van der Waals surface area (Å²) in [7, 11) is 2.14. The minimum absolute atomic E-state index is 0.182. The molecule has 0 unspecified atom stereocenters. The average molecular weight is 390 g/mol. The van der Waals surface area contributed by atoms with Crippen molar-refractivity contribution in [1.29, 1.82) is 0 Å². The molecule has 1 fully saturated rings. The minimum Gasteiger partial charge on any atom is -0.341 e. The highest BCUT2D eigenvalue weighted by molar-refractivity contribution is 5.84. The molecule has 0 saturated heterocycles. The van der Waals surface area contributed by atoms with Crippen LogP contribution in [0.15, 0.2) is 42.9 Å². The van der Waals surface area contributed by atoms with Gasteiger partial charge in [-0.2, -0.15) is 0 Å². The van der Waals surface area contributed by atoms with Gasteiger partial charge in [0.1, 0.15) is 0 Å². The van der Waals surface area contributed by atoms with Crippen LogP contribution in [0.3, 0.4) is 0 Å². The molecule has 4 rings (SSSR count). The zero-order valence-electron chi connectivity index (χ0n) is 17.7. The van der Waals surface area contributed by atoms with Crippen LogP contribution >= 0.6 is 0 Å². The Labute approximate surface area is 173 Å². The largest absolute Gasteiger partial charge is 0.341 e. The van der Waals surface area contributed by atoms with E-state index >= 15 is 0 Å². The predicted molar refractivity (Wildman–Crippen MR) is 119 cm³/mol. The van der Waals surface area contributed by atoms with Crippen LogP contribution in [-0.4, -0.2) is 28.0 Å². The fourth-order valence-corrected chi connectivity index (χ4v) is 4.41. The van der Waals surface area contributed by atoms with Crippen molar-refractivity contribution < 1.29 is 0 Å². The van der Waals surface area contributed by atoms with Gasteiger partial charge in [-0.3, -0.25) is 4.98 Å². The van der Waals surface area contributed by atoms with Crippen molar-refractivity contribution in [2.75, 3.05) is 11.9 Å². The van der Waals surface area contributed by atoms with Gasteiger partial charge in [-0.25, -0.2) is 9.97 Å². The third-order valence-corrected chi connectivity index (χ3v) is 6.28. The normalized spacial score (nSPS) is 16.1. The molecule has 5 heteroatoms. The maximum Gasteiger partial charge on any atom is 0.225 e. The summed E-state index contributed by atoms with van der Waals surface area (Å²) in [5.74, 6) is 0.854. The maximum atomic E-state index is 4.84. The number of rotatable bonds is 6. The van der Waals surface area contributed by atoms with Gasteiger partial charge in [0.15, 0.2) is 0 Å². The molecule has 1 aliphatic rings. The van der Waals surface area contributed by atoms with Crippen LogP contribution in [0, 0.1) is 6.92 Å². The van der Waals surface area contributed by atoms with E-state index in [0.29, 0.717) is 6.04 Å². The highest BCUT2D eigenvalue weighted by Crippen LogP contribution is 2.25. The highest BCUT2D eigenvalue weighted by Gasteiger charge is 2.21. The van der Waals surface area contributed by atoms with E-state index in [4.69, 9.17) is 9.97 Å². The third kappa shape index (κ3) is 4.40. The average Bonchev–Trinajstić information content (AvgIpc) is 2.77. The summed E-state index contributed by atoms with van der Waals surface area (Å²) in [6, 6.07) is 9.21. The Kier molecular flexibility index (Phi) is 6.05. The van der Waals surface area contributed by atoms with Crippen molar-refractivity contribution in [2.24, 2.45) is 0 Å². The summed E-state index contributed by atoms with van der Waals surface area (Å²) in [6.07, 6.45) is 12.3. The number of nitrogens with one attached hydrogen (secondary N) is 1. The molecule has 1 aliphatic carbocycles. The second-order valence-electron chi connectivity index (χ2n) is 8.23. The lowest BCUT2D eigenvalue weighted by molar-refractivity contribution is 0.423. The minimum atomic E-state index is 0.182. The zero-order chi connectivity index (χ0) is 20.2. The quantitative estimate of drug-likeness (QED) is 0.646. The molecule has 1 saturated carbocycles. The first-order valence-corrected chi connectivity index (χ1v) is 10.7. The molecular formula is C24H31N5. The third-order valence-electron chi connectivity index (χ3n) is 6.28. The van der Waals surface area contributed by atoms with E-state index in [1.165, 1.54) is 48.4 Å². The number of aromatic nitrogens is 3. The highest BCUT2D eigenvalue weighted by atomic mass is 15.3. The summed E-state index contributed by atoms with van der Waals surface area (Å²) in [4.78, 5) is 16.0. The van der Waals surface area contributed by atoms with Crippen LogP contribution in [0.4, 0.5) is 5.95 Å². The van der Waals surface area contributed by atoms with Gasteiger partial charge in [0.25, 0.3) is 0 Å². The molecule has 0 aliphatic heterocycles. The van der Waals surface area contributed by atoms with Crippen molar-refractivity contribution in [3.8, 4) is 0 Å². The molecule has 152 valence electrons. The monoisotopic (exact) mass is 389 g/mol. The van der Waals surface area contributed by atoms with Gasteiger partial charge >= 0.3 is 0 Å². The molecule has 0 amide bonds. The van der Waals surface area contributed by atoms with E-state index in [1.54, 1.807) is 0 Å².